The summed E-state index contributed by atoms with van der Waals surface area (Å²) in [6, 6.07) is 78.7. The lowest BCUT2D eigenvalue weighted by Gasteiger charge is -2.35. The molecule has 9 aromatic carbocycles. The van der Waals surface area contributed by atoms with Crippen LogP contribution in [-0.2, 0) is 5.41 Å². The topological polar surface area (TPSA) is 38.9 Å². The first-order valence-corrected chi connectivity index (χ1v) is 21.2. The minimum atomic E-state index is -0.611. The molecule has 0 saturated heterocycles. The molecular weight excluding hydrogens is 753 g/mol. The summed E-state index contributed by atoms with van der Waals surface area (Å²) < 4.78 is 6.41. The third-order valence-electron chi connectivity index (χ3n) is 13.1. The van der Waals surface area contributed by atoms with Gasteiger partial charge in [-0.2, -0.15) is 0 Å². The van der Waals surface area contributed by atoms with Crippen LogP contribution in [0.1, 0.15) is 22.3 Å². The molecule has 288 valence electrons. The van der Waals surface area contributed by atoms with Gasteiger partial charge in [0.2, 0.25) is 0 Å². The molecule has 0 fully saturated rings. The SMILES string of the molecule is c1ccc(-c2cccc(-c3cc(-c4cccc5oc6ccccc6c45)nc(-c4ccc5c(c4)C4(c6ccccc6-c6ccccc6-5)c5ccccc5-c5ccccc54)n3)c2)cc1. The van der Waals surface area contributed by atoms with Gasteiger partial charge in [0.1, 0.15) is 11.2 Å². The van der Waals surface area contributed by atoms with Gasteiger partial charge in [-0.05, 0) is 97.1 Å². The molecule has 3 nitrogen and oxygen atoms in total. The van der Waals surface area contributed by atoms with Gasteiger partial charge in [-0.3, -0.25) is 0 Å². The Bertz CT molecular complexity index is 3550. The molecule has 0 aliphatic heterocycles. The number of para-hydroxylation sites is 1. The number of fused-ring (bicyclic) bond motifs is 15. The number of hydrogen-bond donors (Lipinski definition) is 0. The van der Waals surface area contributed by atoms with Gasteiger partial charge in [0, 0.05) is 27.5 Å². The van der Waals surface area contributed by atoms with E-state index < -0.39 is 5.41 Å². The zero-order valence-electron chi connectivity index (χ0n) is 33.6. The van der Waals surface area contributed by atoms with E-state index in [9.17, 15) is 0 Å². The Balaban J connectivity index is 1.11. The van der Waals surface area contributed by atoms with Crippen molar-refractivity contribution < 1.29 is 4.42 Å². The van der Waals surface area contributed by atoms with E-state index in [1.54, 1.807) is 0 Å². The number of rotatable bonds is 4. The van der Waals surface area contributed by atoms with Gasteiger partial charge in [0.05, 0.1) is 16.8 Å². The first-order valence-electron chi connectivity index (χ1n) is 21.2. The summed E-state index contributed by atoms with van der Waals surface area (Å²) in [5.74, 6) is 0.663. The summed E-state index contributed by atoms with van der Waals surface area (Å²) in [5.41, 5.74) is 20.5. The first kappa shape index (κ1) is 34.7. The van der Waals surface area contributed by atoms with E-state index in [2.05, 4.69) is 200 Å². The largest absolute Gasteiger partial charge is 0.456 e. The Labute approximate surface area is 359 Å². The number of aromatic nitrogens is 2. The van der Waals surface area contributed by atoms with Crippen LogP contribution in [0.4, 0.5) is 0 Å². The molecule has 11 aromatic rings. The van der Waals surface area contributed by atoms with Crippen molar-refractivity contribution in [2.75, 3.05) is 0 Å². The molecule has 0 amide bonds. The molecule has 2 aliphatic carbocycles. The third kappa shape index (κ3) is 5.00. The number of furan rings is 1. The highest BCUT2D eigenvalue weighted by Crippen LogP contribution is 2.61. The van der Waals surface area contributed by atoms with Crippen LogP contribution in [-0.4, -0.2) is 9.97 Å². The van der Waals surface area contributed by atoms with E-state index in [4.69, 9.17) is 14.4 Å². The Hall–Kier alpha value is -8.14. The molecule has 2 aliphatic rings. The van der Waals surface area contributed by atoms with Crippen LogP contribution < -0.4 is 0 Å². The zero-order chi connectivity index (χ0) is 40.8. The van der Waals surface area contributed by atoms with E-state index in [1.807, 2.05) is 18.2 Å². The Morgan fingerprint density at radius 3 is 1.55 bits per heavy atom. The van der Waals surface area contributed by atoms with Gasteiger partial charge in [-0.25, -0.2) is 9.97 Å². The smallest absolute Gasteiger partial charge is 0.160 e. The van der Waals surface area contributed by atoms with Crippen LogP contribution in [0.5, 0.6) is 0 Å². The summed E-state index contributed by atoms with van der Waals surface area (Å²) in [5, 5.41) is 2.11. The number of benzene rings is 9. The fourth-order valence-electron chi connectivity index (χ4n) is 10.5. The van der Waals surface area contributed by atoms with Gasteiger partial charge in [0.15, 0.2) is 5.82 Å². The first-order chi connectivity index (χ1) is 30.7. The van der Waals surface area contributed by atoms with Crippen molar-refractivity contribution in [1.29, 1.82) is 0 Å². The van der Waals surface area contributed by atoms with Crippen LogP contribution in [0.2, 0.25) is 0 Å². The molecule has 62 heavy (non-hydrogen) atoms. The lowest BCUT2D eigenvalue weighted by Crippen LogP contribution is -2.29. The molecule has 0 radical (unpaired) electrons. The van der Waals surface area contributed by atoms with E-state index in [1.165, 1.54) is 55.6 Å². The average molecular weight is 789 g/mol. The van der Waals surface area contributed by atoms with Crippen LogP contribution in [0.25, 0.3) is 100 Å². The molecular formula is C59H36N2O. The second-order valence-corrected chi connectivity index (χ2v) is 16.4. The Morgan fingerprint density at radius 2 is 0.823 bits per heavy atom. The predicted octanol–water partition coefficient (Wildman–Crippen LogP) is 15.1. The standard InChI is InChI=1S/C59H36N2O/c1-2-16-37(17-3-1)38-18-14-19-39(34-38)53-36-54(47-26-15-31-56-57(47)48-25-9-13-30-55(48)62-56)61-58(60-53)40-32-33-46-42-21-5-4-20-41(42)43-22-6-10-27-49(43)59(52(46)35-40)50-28-11-7-23-44(50)45-24-8-12-29-51(45)59/h1-36H. The summed E-state index contributed by atoms with van der Waals surface area (Å²) >= 11 is 0. The molecule has 0 atom stereocenters. The fraction of sp³-hybridized carbons (Fsp3) is 0.0169. The van der Waals surface area contributed by atoms with Crippen LogP contribution in [0.3, 0.4) is 0 Å². The highest BCUT2D eigenvalue weighted by molar-refractivity contribution is 6.12. The molecule has 0 N–H and O–H groups in total. The van der Waals surface area contributed by atoms with Gasteiger partial charge < -0.3 is 4.42 Å². The van der Waals surface area contributed by atoms with Crippen molar-refractivity contribution in [2.24, 2.45) is 0 Å². The van der Waals surface area contributed by atoms with Gasteiger partial charge in [-0.1, -0.05) is 188 Å². The minimum absolute atomic E-state index is 0.611. The maximum Gasteiger partial charge on any atom is 0.160 e. The molecule has 2 heterocycles. The van der Waals surface area contributed by atoms with Crippen molar-refractivity contribution in [3.63, 3.8) is 0 Å². The van der Waals surface area contributed by atoms with E-state index in [-0.39, 0.29) is 0 Å². The maximum absolute atomic E-state index is 6.41. The summed E-state index contributed by atoms with van der Waals surface area (Å²) in [6.45, 7) is 0. The molecule has 2 aromatic heterocycles. The number of hydrogen-bond acceptors (Lipinski definition) is 3. The van der Waals surface area contributed by atoms with Crippen molar-refractivity contribution >= 4 is 21.9 Å². The average Bonchev–Trinajstić information content (AvgIpc) is 3.85. The van der Waals surface area contributed by atoms with Crippen LogP contribution in [0.15, 0.2) is 223 Å². The van der Waals surface area contributed by atoms with E-state index in [0.29, 0.717) is 5.82 Å². The molecule has 0 bridgehead atoms. The molecule has 0 unspecified atom stereocenters. The highest BCUT2D eigenvalue weighted by atomic mass is 16.3. The summed E-state index contributed by atoms with van der Waals surface area (Å²) in [6.07, 6.45) is 0. The summed E-state index contributed by atoms with van der Waals surface area (Å²) in [7, 11) is 0. The minimum Gasteiger partial charge on any atom is -0.456 e. The van der Waals surface area contributed by atoms with Crippen molar-refractivity contribution in [1.82, 2.24) is 9.97 Å². The van der Waals surface area contributed by atoms with Crippen molar-refractivity contribution in [2.45, 2.75) is 5.41 Å². The monoisotopic (exact) mass is 788 g/mol. The third-order valence-corrected chi connectivity index (χ3v) is 13.1. The maximum atomic E-state index is 6.41. The van der Waals surface area contributed by atoms with Crippen molar-refractivity contribution in [3.8, 4) is 78.4 Å². The van der Waals surface area contributed by atoms with Crippen LogP contribution >= 0.6 is 0 Å². The quantitative estimate of drug-likeness (QED) is 0.178. The predicted molar refractivity (Wildman–Crippen MR) is 253 cm³/mol. The van der Waals surface area contributed by atoms with Gasteiger partial charge in [0.25, 0.3) is 0 Å². The molecule has 13 rings (SSSR count). The second kappa shape index (κ2) is 13.4. The van der Waals surface area contributed by atoms with Gasteiger partial charge >= 0.3 is 0 Å². The number of nitrogens with zero attached hydrogens (tertiary/aromatic N) is 2. The van der Waals surface area contributed by atoms with Crippen LogP contribution in [0, 0.1) is 0 Å². The highest BCUT2D eigenvalue weighted by Gasteiger charge is 2.49. The fourth-order valence-corrected chi connectivity index (χ4v) is 10.5. The normalized spacial score (nSPS) is 13.0. The lowest BCUT2D eigenvalue weighted by atomic mass is 9.65. The zero-order valence-corrected chi connectivity index (χ0v) is 33.6. The summed E-state index contributed by atoms with van der Waals surface area (Å²) in [4.78, 5) is 11.0. The Morgan fingerprint density at radius 1 is 0.306 bits per heavy atom. The van der Waals surface area contributed by atoms with E-state index in [0.717, 1.165) is 61.1 Å². The second-order valence-electron chi connectivity index (χ2n) is 16.4. The Kier molecular flexibility index (Phi) is 7.52. The molecule has 3 heteroatoms. The van der Waals surface area contributed by atoms with E-state index >= 15 is 0 Å². The van der Waals surface area contributed by atoms with Crippen molar-refractivity contribution in [3.05, 3.63) is 241 Å². The molecule has 0 saturated carbocycles. The lowest BCUT2D eigenvalue weighted by molar-refractivity contribution is 0.669. The van der Waals surface area contributed by atoms with Gasteiger partial charge in [-0.15, -0.1) is 0 Å². The molecule has 1 spiro atoms.